The van der Waals surface area contributed by atoms with Crippen LogP contribution in [0.2, 0.25) is 0 Å². The molecule has 3 fully saturated rings. The zero-order valence-corrected chi connectivity index (χ0v) is 43.8. The maximum atomic E-state index is 14.1. The van der Waals surface area contributed by atoms with E-state index in [9.17, 15) is 32.7 Å². The number of nitrogens with one attached hydrogen (secondary N) is 2. The second-order valence-electron chi connectivity index (χ2n) is 21.0. The molecule has 75 heavy (non-hydrogen) atoms. The van der Waals surface area contributed by atoms with Crippen molar-refractivity contribution in [1.29, 1.82) is 0 Å². The summed E-state index contributed by atoms with van der Waals surface area (Å²) in [5, 5.41) is 27.9. The monoisotopic (exact) mass is 1050 g/mol. The van der Waals surface area contributed by atoms with Gasteiger partial charge in [0.05, 0.1) is 22.2 Å². The van der Waals surface area contributed by atoms with Crippen LogP contribution >= 0.6 is 11.3 Å². The van der Waals surface area contributed by atoms with Gasteiger partial charge in [0.25, 0.3) is 5.82 Å². The van der Waals surface area contributed by atoms with Crippen molar-refractivity contribution in [2.24, 2.45) is 10.5 Å². The standard InChI is InChI=1S/C55H65F3N12O4S/c1-36-49(75-35-61-36)42-17-12-39(13-18-42)33-60-51(73)44-31-43(71)34-69(44)52(74)50(54(2,3)4)62-48(72)7-5-6-24-66-27-29-68(30-28-66)45-19-14-38(32-59-45)9-8-37-10-15-40(16-11-37)41-22-25-67(26-23-41)47-21-20-46-63-64-53(55(56,57)58)70(46)65-47/h10-19,32,35,41,43-44,50,71H,5-7,20-31,33-34H2,1-4H3,(H,60,73)(H,62,72)/t43-,44-,50+/m0/s1. The number of aryl methyl sites for hydroxylation is 2. The van der Waals surface area contributed by atoms with Crippen LogP contribution in [0.5, 0.6) is 0 Å². The highest BCUT2D eigenvalue weighted by Gasteiger charge is 2.45. The maximum absolute atomic E-state index is 14.1. The molecular formula is C55H65F3N12O4S. The van der Waals surface area contributed by atoms with Crippen LogP contribution in [0.25, 0.3) is 10.4 Å². The Kier molecular flexibility index (Phi) is 16.3. The summed E-state index contributed by atoms with van der Waals surface area (Å²) in [6.45, 7) is 13.6. The number of carbonyl (C=O) groups excluding carboxylic acids is 3. The number of nitrogens with zero attached hydrogens (tertiary/aromatic N) is 10. The quantitative estimate of drug-likeness (QED) is 0.0855. The second-order valence-corrected chi connectivity index (χ2v) is 21.9. The van der Waals surface area contributed by atoms with Crippen molar-refractivity contribution in [3.8, 4) is 22.3 Å². The molecule has 0 saturated carbocycles. The molecule has 7 heterocycles. The van der Waals surface area contributed by atoms with E-state index in [0.717, 1.165) is 95.3 Å². The number of anilines is 1. The topological polar surface area (TPSA) is 177 Å². The van der Waals surface area contributed by atoms with Gasteiger partial charge in [-0.2, -0.15) is 22.9 Å². The number of hydrogen-bond donors (Lipinski definition) is 3. The lowest BCUT2D eigenvalue weighted by Gasteiger charge is -2.35. The fraction of sp³-hybridized carbons (Fsp3) is 0.491. The van der Waals surface area contributed by atoms with Gasteiger partial charge in [-0.1, -0.05) is 69.0 Å². The lowest BCUT2D eigenvalue weighted by molar-refractivity contribution is -0.147. The fourth-order valence-corrected chi connectivity index (χ4v) is 11.1. The zero-order valence-electron chi connectivity index (χ0n) is 42.9. The minimum Gasteiger partial charge on any atom is -0.391 e. The Morgan fingerprint density at radius 3 is 2.24 bits per heavy atom. The van der Waals surface area contributed by atoms with Crippen molar-refractivity contribution in [3.63, 3.8) is 0 Å². The molecule has 5 aromatic rings. The summed E-state index contributed by atoms with van der Waals surface area (Å²) in [6, 6.07) is 18.5. The second kappa shape index (κ2) is 23.1. The van der Waals surface area contributed by atoms with E-state index in [1.165, 1.54) is 10.5 Å². The van der Waals surface area contributed by atoms with E-state index in [1.54, 1.807) is 11.3 Å². The molecule has 3 amide bonds. The third-order valence-electron chi connectivity index (χ3n) is 14.6. The van der Waals surface area contributed by atoms with E-state index in [0.29, 0.717) is 44.1 Å². The number of aromatic nitrogens is 5. The molecule has 0 spiro atoms. The lowest BCUT2D eigenvalue weighted by atomic mass is 9.85. The predicted octanol–water partition coefficient (Wildman–Crippen LogP) is 6.61. The van der Waals surface area contributed by atoms with Crippen LogP contribution in [0.15, 0.2) is 77.5 Å². The first-order valence-corrected chi connectivity index (χ1v) is 26.8. The molecular weight excluding hydrogens is 982 g/mol. The Labute approximate surface area is 439 Å². The number of aliphatic hydroxyl groups excluding tert-OH is 1. The van der Waals surface area contributed by atoms with Crippen LogP contribution in [-0.2, 0) is 33.5 Å². The SMILES string of the molecule is Cc1ncsc1-c1ccc(CNC(=O)[C@@H]2C[C@H](O)CN2C(=O)[C@@H](NC(=O)CCCCN2CCN(c3ccc(C#Cc4ccc(C5CCN(C6=Nn7c(nnc7C(F)(F)F)CC6)CC5)cc4)cn3)CC2)C(C)(C)C)cc1. The summed E-state index contributed by atoms with van der Waals surface area (Å²) >= 11 is 1.58. The van der Waals surface area contributed by atoms with Crippen LogP contribution in [0, 0.1) is 24.2 Å². The number of piperidine rings is 1. The van der Waals surface area contributed by atoms with Gasteiger partial charge in [-0.15, -0.1) is 21.5 Å². The molecule has 4 aliphatic heterocycles. The van der Waals surface area contributed by atoms with Crippen molar-refractivity contribution in [2.75, 3.05) is 57.3 Å². The molecule has 20 heteroatoms. The summed E-state index contributed by atoms with van der Waals surface area (Å²) < 4.78 is 41.1. The number of amides is 3. The molecule has 16 nitrogen and oxygen atoms in total. The summed E-state index contributed by atoms with van der Waals surface area (Å²) in [5.74, 6) is 6.61. The third kappa shape index (κ3) is 13.1. The van der Waals surface area contributed by atoms with Gasteiger partial charge < -0.3 is 30.4 Å². The van der Waals surface area contributed by atoms with Gasteiger partial charge in [-0.25, -0.2) is 9.97 Å². The van der Waals surface area contributed by atoms with Crippen molar-refractivity contribution in [3.05, 3.63) is 112 Å². The third-order valence-corrected chi connectivity index (χ3v) is 15.6. The highest BCUT2D eigenvalue weighted by atomic mass is 32.1. The smallest absolute Gasteiger partial charge is 0.391 e. The van der Waals surface area contributed by atoms with Crippen molar-refractivity contribution >= 4 is 40.7 Å². The summed E-state index contributed by atoms with van der Waals surface area (Å²) in [4.78, 5) is 59.3. The number of halogens is 3. The molecule has 0 bridgehead atoms. The van der Waals surface area contributed by atoms with Gasteiger partial charge in [0.15, 0.2) is 5.82 Å². The number of hydrogen-bond acceptors (Lipinski definition) is 13. The Hall–Kier alpha value is -6.69. The molecule has 0 aliphatic carbocycles. The van der Waals surface area contributed by atoms with Gasteiger partial charge in [0.1, 0.15) is 23.7 Å². The molecule has 9 rings (SSSR count). The maximum Gasteiger partial charge on any atom is 0.453 e. The van der Waals surface area contributed by atoms with Crippen LogP contribution in [0.1, 0.15) is 111 Å². The van der Waals surface area contributed by atoms with Gasteiger partial charge in [0, 0.05) is 95.4 Å². The first kappa shape index (κ1) is 53.1. The van der Waals surface area contributed by atoms with Crippen LogP contribution in [-0.4, -0.2) is 139 Å². The van der Waals surface area contributed by atoms with E-state index < -0.39 is 35.6 Å². The fourth-order valence-electron chi connectivity index (χ4n) is 10.3. The number of piperazine rings is 1. The number of rotatable bonds is 13. The number of thiazole rings is 1. The van der Waals surface area contributed by atoms with Gasteiger partial charge in [-0.3, -0.25) is 19.3 Å². The van der Waals surface area contributed by atoms with Gasteiger partial charge in [-0.05, 0) is 91.4 Å². The van der Waals surface area contributed by atoms with E-state index in [-0.39, 0.29) is 49.5 Å². The molecule has 0 radical (unpaired) electrons. The number of pyridine rings is 1. The van der Waals surface area contributed by atoms with E-state index in [4.69, 9.17) is 4.98 Å². The summed E-state index contributed by atoms with van der Waals surface area (Å²) in [7, 11) is 0. The summed E-state index contributed by atoms with van der Waals surface area (Å²) in [5.41, 5.74) is 7.06. The zero-order chi connectivity index (χ0) is 52.9. The Morgan fingerprint density at radius 2 is 1.57 bits per heavy atom. The molecule has 0 unspecified atom stereocenters. The average Bonchev–Trinajstić information content (AvgIpc) is 4.16. The predicted molar refractivity (Wildman–Crippen MR) is 281 cm³/mol. The Balaban J connectivity index is 0.674. The number of likely N-dealkylation sites (tertiary alicyclic amines) is 2. The number of amidine groups is 1. The number of β-amino-alcohol motifs (C(OH)–C–C–N with tert-alkyl or cyclic N) is 1. The van der Waals surface area contributed by atoms with Crippen molar-refractivity contribution in [2.45, 2.75) is 116 Å². The minimum atomic E-state index is -4.61. The largest absolute Gasteiger partial charge is 0.453 e. The highest BCUT2D eigenvalue weighted by Crippen LogP contribution is 2.33. The number of benzene rings is 2. The molecule has 3 N–H and O–H groups in total. The molecule has 4 aliphatic rings. The highest BCUT2D eigenvalue weighted by molar-refractivity contribution is 7.13. The van der Waals surface area contributed by atoms with E-state index in [2.05, 4.69) is 69.6 Å². The number of unbranched alkanes of at least 4 members (excludes halogenated alkanes) is 1. The molecule has 3 saturated heterocycles. The van der Waals surface area contributed by atoms with Gasteiger partial charge >= 0.3 is 6.18 Å². The molecule has 396 valence electrons. The Morgan fingerprint density at radius 1 is 0.853 bits per heavy atom. The van der Waals surface area contributed by atoms with Crippen LogP contribution in [0.3, 0.4) is 0 Å². The summed E-state index contributed by atoms with van der Waals surface area (Å²) in [6.07, 6.45) is 0.890. The van der Waals surface area contributed by atoms with E-state index >= 15 is 0 Å². The molecule has 3 atom stereocenters. The number of fused-ring (bicyclic) bond motifs is 1. The Bertz CT molecular complexity index is 2890. The number of carbonyl (C=O) groups is 3. The van der Waals surface area contributed by atoms with Crippen molar-refractivity contribution in [1.82, 2.24) is 50.2 Å². The first-order valence-electron chi connectivity index (χ1n) is 25.9. The van der Waals surface area contributed by atoms with Crippen LogP contribution < -0.4 is 15.5 Å². The van der Waals surface area contributed by atoms with Gasteiger partial charge in [0.2, 0.25) is 17.7 Å². The minimum absolute atomic E-state index is 0.0201. The normalized spacial score (nSPS) is 19.0. The first-order chi connectivity index (χ1) is 36.0. The average molecular weight is 1050 g/mol. The van der Waals surface area contributed by atoms with Crippen LogP contribution in [0.4, 0.5) is 19.0 Å². The van der Waals surface area contributed by atoms with E-state index in [1.807, 2.05) is 87.9 Å². The van der Waals surface area contributed by atoms with Crippen molar-refractivity contribution < 1.29 is 32.7 Å². The molecule has 2 aromatic carbocycles. The number of alkyl halides is 3. The lowest BCUT2D eigenvalue weighted by Crippen LogP contribution is -2.57. The number of aliphatic hydroxyl groups is 1. The molecule has 3 aromatic heterocycles.